The van der Waals surface area contributed by atoms with Gasteiger partial charge in [-0.1, -0.05) is 17.7 Å². The molecule has 0 N–H and O–H groups in total. The number of imide groups is 1. The topological polar surface area (TPSA) is 84.0 Å². The number of hydrogen-bond acceptors (Lipinski definition) is 5. The van der Waals surface area contributed by atoms with Crippen molar-refractivity contribution >= 4 is 46.7 Å². The van der Waals surface area contributed by atoms with E-state index in [1.165, 1.54) is 4.90 Å². The summed E-state index contributed by atoms with van der Waals surface area (Å²) in [5.41, 5.74) is 1.89. The molecule has 2 aliphatic heterocycles. The van der Waals surface area contributed by atoms with Crippen LogP contribution < -0.4 is 14.5 Å². The molecule has 8 heteroatoms. The minimum atomic E-state index is -0.599. The molecule has 4 aliphatic rings. The minimum absolute atomic E-state index is 0.0598. The first-order valence-corrected chi connectivity index (χ1v) is 12.5. The van der Waals surface area contributed by atoms with E-state index in [0.29, 0.717) is 39.5 Å². The fourth-order valence-electron chi connectivity index (χ4n) is 6.55. The highest BCUT2D eigenvalue weighted by Gasteiger charge is 2.61. The second-order valence-electron chi connectivity index (χ2n) is 10.2. The number of benzene rings is 2. The number of fused-ring (bicyclic) bond motifs is 5. The van der Waals surface area contributed by atoms with Gasteiger partial charge in [-0.25, -0.2) is 4.90 Å². The highest BCUT2D eigenvalue weighted by molar-refractivity contribution is 6.31. The number of carbonyl (C=O) groups is 4. The maximum Gasteiger partial charge on any atom is 0.316 e. The van der Waals surface area contributed by atoms with E-state index in [-0.39, 0.29) is 42.5 Å². The molecule has 35 heavy (non-hydrogen) atoms. The van der Waals surface area contributed by atoms with Gasteiger partial charge in [0.1, 0.15) is 5.75 Å². The first-order valence-electron chi connectivity index (χ1n) is 12.1. The van der Waals surface area contributed by atoms with Gasteiger partial charge >= 0.3 is 5.97 Å². The molecule has 2 aliphatic carbocycles. The molecule has 2 aromatic rings. The molecule has 180 valence electrons. The van der Waals surface area contributed by atoms with Crippen molar-refractivity contribution in [3.05, 3.63) is 53.1 Å². The molecule has 2 saturated carbocycles. The zero-order chi connectivity index (χ0) is 24.4. The number of esters is 1. The maximum absolute atomic E-state index is 13.2. The van der Waals surface area contributed by atoms with E-state index in [0.717, 1.165) is 19.3 Å². The molecule has 7 nitrogen and oxygen atoms in total. The third kappa shape index (κ3) is 3.56. The Hall–Kier alpha value is -3.19. The molecule has 2 heterocycles. The summed E-state index contributed by atoms with van der Waals surface area (Å²) in [4.78, 5) is 54.5. The van der Waals surface area contributed by atoms with Crippen molar-refractivity contribution in [3.8, 4) is 5.75 Å². The summed E-state index contributed by atoms with van der Waals surface area (Å²) >= 11 is 6.04. The highest BCUT2D eigenvalue weighted by Crippen LogP contribution is 2.56. The van der Waals surface area contributed by atoms with Crippen molar-refractivity contribution in [2.45, 2.75) is 32.6 Å². The van der Waals surface area contributed by atoms with Crippen LogP contribution in [-0.4, -0.2) is 30.2 Å². The van der Waals surface area contributed by atoms with Crippen molar-refractivity contribution < 1.29 is 23.9 Å². The molecule has 0 aromatic heterocycles. The zero-order valence-corrected chi connectivity index (χ0v) is 20.0. The smallest absolute Gasteiger partial charge is 0.316 e. The molecule has 0 spiro atoms. The number of anilines is 2. The molecule has 5 atom stereocenters. The van der Waals surface area contributed by atoms with Gasteiger partial charge in [-0.05, 0) is 80.0 Å². The molecule has 3 amide bonds. The zero-order valence-electron chi connectivity index (χ0n) is 19.3. The number of hydrogen-bond donors (Lipinski definition) is 0. The summed E-state index contributed by atoms with van der Waals surface area (Å²) in [6.07, 6.45) is 3.12. The first kappa shape index (κ1) is 22.3. The SMILES string of the molecule is Cc1cc(OC(=O)[C@@H]2CC(=O)N(c3cccc(Cl)c3)C2)ccc1N1C(=O)[C@@H]2[C@H]3CC[C@@H](C3)[C@@H]2C1=O. The molecule has 2 aromatic carbocycles. The first-order chi connectivity index (χ1) is 16.8. The van der Waals surface area contributed by atoms with Crippen LogP contribution in [0.25, 0.3) is 0 Å². The van der Waals surface area contributed by atoms with E-state index >= 15 is 0 Å². The number of rotatable bonds is 4. The van der Waals surface area contributed by atoms with Crippen LogP contribution in [0.5, 0.6) is 5.75 Å². The van der Waals surface area contributed by atoms with Crippen LogP contribution in [0, 0.1) is 36.5 Å². The summed E-state index contributed by atoms with van der Waals surface area (Å²) in [6, 6.07) is 11.9. The van der Waals surface area contributed by atoms with E-state index in [4.69, 9.17) is 16.3 Å². The monoisotopic (exact) mass is 492 g/mol. The van der Waals surface area contributed by atoms with E-state index in [9.17, 15) is 19.2 Å². The number of halogens is 1. The summed E-state index contributed by atoms with van der Waals surface area (Å²) in [5.74, 6) is -0.819. The molecule has 0 radical (unpaired) electrons. The van der Waals surface area contributed by atoms with Crippen molar-refractivity contribution in [2.75, 3.05) is 16.3 Å². The van der Waals surface area contributed by atoms with Gasteiger partial charge in [0, 0.05) is 23.7 Å². The van der Waals surface area contributed by atoms with Crippen LogP contribution >= 0.6 is 11.6 Å². The van der Waals surface area contributed by atoms with Gasteiger partial charge < -0.3 is 9.64 Å². The summed E-state index contributed by atoms with van der Waals surface area (Å²) in [7, 11) is 0. The van der Waals surface area contributed by atoms with Gasteiger partial charge in [0.15, 0.2) is 0 Å². The largest absolute Gasteiger partial charge is 0.426 e. The third-order valence-corrected chi connectivity index (χ3v) is 8.37. The lowest BCUT2D eigenvalue weighted by atomic mass is 9.81. The van der Waals surface area contributed by atoms with Gasteiger partial charge in [0.25, 0.3) is 0 Å². The number of nitrogens with zero attached hydrogens (tertiary/aromatic N) is 2. The Labute approximate surface area is 208 Å². The standard InChI is InChI=1S/C27H25ClN2O5/c1-14-9-20(35-27(34)17-11-22(31)29(13-17)19-4-2-3-18(28)12-19)7-8-21(14)30-25(32)23-15-5-6-16(10-15)24(23)26(30)33/h2-4,7-9,12,15-17,23-24H,5-6,10-11,13H2,1H3/t15-,16-,17+,23-,24+/m0/s1. The lowest BCUT2D eigenvalue weighted by Gasteiger charge is -2.20. The van der Waals surface area contributed by atoms with Crippen LogP contribution in [-0.2, 0) is 19.2 Å². The van der Waals surface area contributed by atoms with Crippen molar-refractivity contribution in [2.24, 2.45) is 29.6 Å². The van der Waals surface area contributed by atoms with Crippen LogP contribution in [0.2, 0.25) is 5.02 Å². The van der Waals surface area contributed by atoms with Gasteiger partial charge in [-0.2, -0.15) is 0 Å². The van der Waals surface area contributed by atoms with E-state index in [1.54, 1.807) is 54.3 Å². The fourth-order valence-corrected chi connectivity index (χ4v) is 6.73. The van der Waals surface area contributed by atoms with Crippen LogP contribution in [0.15, 0.2) is 42.5 Å². The molecule has 2 saturated heterocycles. The van der Waals surface area contributed by atoms with Crippen LogP contribution in [0.4, 0.5) is 11.4 Å². The summed E-state index contributed by atoms with van der Waals surface area (Å²) < 4.78 is 5.59. The summed E-state index contributed by atoms with van der Waals surface area (Å²) in [5, 5.41) is 0.517. The Kier molecular flexibility index (Phi) is 5.22. The lowest BCUT2D eigenvalue weighted by Crippen LogP contribution is -2.33. The molecule has 6 rings (SSSR count). The highest BCUT2D eigenvalue weighted by atomic mass is 35.5. The van der Waals surface area contributed by atoms with Gasteiger partial charge in [-0.15, -0.1) is 0 Å². The Bertz CT molecular complexity index is 1250. The molecule has 4 fully saturated rings. The summed E-state index contributed by atoms with van der Waals surface area (Å²) in [6.45, 7) is 2.02. The van der Waals surface area contributed by atoms with Gasteiger partial charge in [-0.3, -0.25) is 19.2 Å². The molecule has 2 bridgehead atoms. The fraction of sp³-hybridized carbons (Fsp3) is 0.407. The quantitative estimate of drug-likeness (QED) is 0.364. The minimum Gasteiger partial charge on any atom is -0.426 e. The van der Waals surface area contributed by atoms with E-state index in [1.807, 2.05) is 0 Å². The molecule has 0 unspecified atom stereocenters. The predicted molar refractivity (Wildman–Crippen MR) is 129 cm³/mol. The normalized spacial score (nSPS) is 29.3. The maximum atomic E-state index is 13.2. The van der Waals surface area contributed by atoms with Crippen LogP contribution in [0.1, 0.15) is 31.2 Å². The number of ether oxygens (including phenoxy) is 1. The van der Waals surface area contributed by atoms with Gasteiger partial charge in [0.2, 0.25) is 17.7 Å². The Morgan fingerprint density at radius 2 is 1.71 bits per heavy atom. The van der Waals surface area contributed by atoms with Crippen molar-refractivity contribution in [3.63, 3.8) is 0 Å². The van der Waals surface area contributed by atoms with E-state index in [2.05, 4.69) is 0 Å². The second kappa shape index (κ2) is 8.19. The second-order valence-corrected chi connectivity index (χ2v) is 10.6. The Morgan fingerprint density at radius 1 is 1.00 bits per heavy atom. The molecular formula is C27H25ClN2O5. The third-order valence-electron chi connectivity index (χ3n) is 8.13. The lowest BCUT2D eigenvalue weighted by molar-refractivity contribution is -0.139. The predicted octanol–water partition coefficient (Wildman–Crippen LogP) is 4.14. The van der Waals surface area contributed by atoms with E-state index < -0.39 is 11.9 Å². The van der Waals surface area contributed by atoms with Gasteiger partial charge in [0.05, 0.1) is 23.4 Å². The number of carbonyl (C=O) groups excluding carboxylic acids is 4. The Balaban J connectivity index is 1.16. The number of aryl methyl sites for hydroxylation is 1. The number of amides is 3. The molecular weight excluding hydrogens is 468 g/mol. The average Bonchev–Trinajstić information content (AvgIpc) is 3.58. The average molecular weight is 493 g/mol. The van der Waals surface area contributed by atoms with Crippen LogP contribution in [0.3, 0.4) is 0 Å². The Morgan fingerprint density at radius 3 is 2.37 bits per heavy atom. The van der Waals surface area contributed by atoms with Crippen molar-refractivity contribution in [1.82, 2.24) is 0 Å². The van der Waals surface area contributed by atoms with Crippen molar-refractivity contribution in [1.29, 1.82) is 0 Å².